The van der Waals surface area contributed by atoms with Crippen molar-refractivity contribution in [2.45, 2.75) is 19.9 Å². The van der Waals surface area contributed by atoms with Crippen LogP contribution in [0.15, 0.2) is 36.8 Å². The standard InChI is InChI=1S/C22H21FN6O2/c1-14-17(5-4-16-11-25-28(3)13-16)10-20-21(26-14)31-9-8-29(20)22(30)27-15(2)19-7-6-18(23)12-24-19/h6-7,10-13,15H,8-9H2,1-3H3,(H,27,30)/t15-/m0/s1. The molecule has 1 atom stereocenters. The van der Waals surface area contributed by atoms with Gasteiger partial charge in [0.15, 0.2) is 0 Å². The van der Waals surface area contributed by atoms with Crippen molar-refractivity contribution in [2.24, 2.45) is 7.05 Å². The highest BCUT2D eigenvalue weighted by atomic mass is 19.1. The first-order chi connectivity index (χ1) is 14.9. The zero-order valence-electron chi connectivity index (χ0n) is 17.4. The van der Waals surface area contributed by atoms with Crippen molar-refractivity contribution < 1.29 is 13.9 Å². The maximum absolute atomic E-state index is 13.1. The number of pyridine rings is 2. The summed E-state index contributed by atoms with van der Waals surface area (Å²) in [6.45, 7) is 4.33. The first-order valence-corrected chi connectivity index (χ1v) is 9.75. The Kier molecular flexibility index (Phi) is 5.54. The van der Waals surface area contributed by atoms with E-state index in [4.69, 9.17) is 4.74 Å². The van der Waals surface area contributed by atoms with Crippen molar-refractivity contribution in [2.75, 3.05) is 18.1 Å². The SMILES string of the molecule is Cc1nc2c(cc1C#Cc1cnn(C)c1)N(C(=O)N[C@@H](C)c1ccc(F)cn1)CCO2. The van der Waals surface area contributed by atoms with E-state index in [1.807, 2.05) is 20.2 Å². The van der Waals surface area contributed by atoms with Crippen LogP contribution in [0.1, 0.15) is 35.5 Å². The monoisotopic (exact) mass is 420 g/mol. The Hall–Kier alpha value is -3.93. The predicted molar refractivity (Wildman–Crippen MR) is 112 cm³/mol. The van der Waals surface area contributed by atoms with E-state index in [1.54, 1.807) is 34.8 Å². The maximum atomic E-state index is 13.1. The molecule has 158 valence electrons. The minimum atomic E-state index is -0.425. The molecule has 4 heterocycles. The van der Waals surface area contributed by atoms with Crippen LogP contribution in [0.5, 0.6) is 5.88 Å². The molecule has 8 nitrogen and oxygen atoms in total. The molecule has 1 aliphatic heterocycles. The van der Waals surface area contributed by atoms with Gasteiger partial charge < -0.3 is 10.1 Å². The number of halogens is 1. The molecule has 9 heteroatoms. The molecule has 1 aliphatic rings. The number of hydrogen-bond donors (Lipinski definition) is 1. The summed E-state index contributed by atoms with van der Waals surface area (Å²) in [5, 5.41) is 7.00. The summed E-state index contributed by atoms with van der Waals surface area (Å²) in [4.78, 5) is 23.1. The summed E-state index contributed by atoms with van der Waals surface area (Å²) >= 11 is 0. The average molecular weight is 420 g/mol. The lowest BCUT2D eigenvalue weighted by Gasteiger charge is -2.30. The molecule has 0 fully saturated rings. The van der Waals surface area contributed by atoms with E-state index in [1.165, 1.54) is 6.07 Å². The third-order valence-corrected chi connectivity index (χ3v) is 4.83. The third kappa shape index (κ3) is 4.48. The summed E-state index contributed by atoms with van der Waals surface area (Å²) in [6, 6.07) is 3.95. The zero-order chi connectivity index (χ0) is 22.0. The van der Waals surface area contributed by atoms with Gasteiger partial charge in [0, 0.05) is 18.8 Å². The minimum absolute atomic E-state index is 0.319. The fourth-order valence-electron chi connectivity index (χ4n) is 3.17. The number of nitrogens with one attached hydrogen (secondary N) is 1. The van der Waals surface area contributed by atoms with Crippen LogP contribution in [-0.2, 0) is 7.05 Å². The van der Waals surface area contributed by atoms with Crippen molar-refractivity contribution >= 4 is 11.7 Å². The van der Waals surface area contributed by atoms with Gasteiger partial charge in [0.25, 0.3) is 0 Å². The summed E-state index contributed by atoms with van der Waals surface area (Å²) < 4.78 is 20.5. The van der Waals surface area contributed by atoms with E-state index in [-0.39, 0.29) is 6.03 Å². The Morgan fingerprint density at radius 1 is 1.32 bits per heavy atom. The topological polar surface area (TPSA) is 85.2 Å². The van der Waals surface area contributed by atoms with Gasteiger partial charge in [-0.2, -0.15) is 5.10 Å². The van der Waals surface area contributed by atoms with Gasteiger partial charge in [-0.3, -0.25) is 14.6 Å². The lowest BCUT2D eigenvalue weighted by molar-refractivity contribution is 0.235. The normalized spacial score (nSPS) is 13.5. The molecule has 0 radical (unpaired) electrons. The molecule has 4 rings (SSSR count). The highest BCUT2D eigenvalue weighted by Gasteiger charge is 2.27. The number of anilines is 1. The predicted octanol–water partition coefficient (Wildman–Crippen LogP) is 2.73. The number of nitrogens with zero attached hydrogens (tertiary/aromatic N) is 5. The van der Waals surface area contributed by atoms with E-state index < -0.39 is 11.9 Å². The lowest BCUT2D eigenvalue weighted by atomic mass is 10.1. The van der Waals surface area contributed by atoms with E-state index in [2.05, 4.69) is 32.2 Å². The highest BCUT2D eigenvalue weighted by molar-refractivity contribution is 5.94. The number of aromatic nitrogens is 4. The average Bonchev–Trinajstić information content (AvgIpc) is 3.17. The van der Waals surface area contributed by atoms with Crippen molar-refractivity contribution in [3.63, 3.8) is 0 Å². The molecule has 3 aromatic heterocycles. The number of carbonyl (C=O) groups excluding carboxylic acids is 1. The van der Waals surface area contributed by atoms with Crippen molar-refractivity contribution in [3.8, 4) is 17.7 Å². The van der Waals surface area contributed by atoms with Crippen LogP contribution in [-0.4, -0.2) is 38.9 Å². The second-order valence-electron chi connectivity index (χ2n) is 7.17. The van der Waals surface area contributed by atoms with Gasteiger partial charge in [-0.15, -0.1) is 0 Å². The molecule has 0 bridgehead atoms. The second-order valence-corrected chi connectivity index (χ2v) is 7.17. The number of amides is 2. The Labute approximate surface area is 179 Å². The fourth-order valence-corrected chi connectivity index (χ4v) is 3.17. The molecule has 0 aromatic carbocycles. The summed E-state index contributed by atoms with van der Waals surface area (Å²) in [5.74, 6) is 6.12. The quantitative estimate of drug-likeness (QED) is 0.645. The number of aryl methyl sites for hydroxylation is 2. The van der Waals surface area contributed by atoms with Crippen LogP contribution >= 0.6 is 0 Å². The molecular weight excluding hydrogens is 399 g/mol. The molecule has 31 heavy (non-hydrogen) atoms. The Morgan fingerprint density at radius 3 is 2.87 bits per heavy atom. The largest absolute Gasteiger partial charge is 0.474 e. The molecule has 2 amide bonds. The minimum Gasteiger partial charge on any atom is -0.474 e. The summed E-state index contributed by atoms with van der Waals surface area (Å²) in [7, 11) is 1.83. The smallest absolute Gasteiger partial charge is 0.322 e. The highest BCUT2D eigenvalue weighted by Crippen LogP contribution is 2.31. The summed E-state index contributed by atoms with van der Waals surface area (Å²) in [5.41, 5.74) is 3.30. The van der Waals surface area contributed by atoms with Gasteiger partial charge in [0.2, 0.25) is 5.88 Å². The van der Waals surface area contributed by atoms with E-state index in [0.29, 0.717) is 41.7 Å². The molecule has 0 saturated heterocycles. The van der Waals surface area contributed by atoms with Crippen LogP contribution in [0.3, 0.4) is 0 Å². The fraction of sp³-hybridized carbons (Fsp3) is 0.273. The Balaban J connectivity index is 1.58. The van der Waals surface area contributed by atoms with E-state index >= 15 is 0 Å². The number of hydrogen-bond acceptors (Lipinski definition) is 5. The van der Waals surface area contributed by atoms with Crippen molar-refractivity contribution in [3.05, 3.63) is 65.1 Å². The Bertz CT molecular complexity index is 1180. The molecule has 0 unspecified atom stereocenters. The summed E-state index contributed by atoms with van der Waals surface area (Å²) in [6.07, 6.45) is 4.63. The molecule has 0 spiro atoms. The molecule has 1 N–H and O–H groups in total. The second kappa shape index (κ2) is 8.44. The van der Waals surface area contributed by atoms with Gasteiger partial charge in [-0.05, 0) is 32.0 Å². The van der Waals surface area contributed by atoms with Gasteiger partial charge >= 0.3 is 6.03 Å². The van der Waals surface area contributed by atoms with Gasteiger partial charge in [0.05, 0.1) is 41.9 Å². The zero-order valence-corrected chi connectivity index (χ0v) is 17.4. The van der Waals surface area contributed by atoms with Crippen LogP contribution in [0.2, 0.25) is 0 Å². The Morgan fingerprint density at radius 2 is 2.16 bits per heavy atom. The number of fused-ring (bicyclic) bond motifs is 1. The number of urea groups is 1. The molecular formula is C22H21FN6O2. The lowest BCUT2D eigenvalue weighted by Crippen LogP contribution is -2.45. The molecule has 3 aromatic rings. The van der Waals surface area contributed by atoms with Crippen LogP contribution in [0.4, 0.5) is 14.9 Å². The van der Waals surface area contributed by atoms with Crippen LogP contribution < -0.4 is 15.0 Å². The van der Waals surface area contributed by atoms with E-state index in [9.17, 15) is 9.18 Å². The number of carbonyl (C=O) groups is 1. The third-order valence-electron chi connectivity index (χ3n) is 4.83. The van der Waals surface area contributed by atoms with Crippen molar-refractivity contribution in [1.82, 2.24) is 25.1 Å². The number of rotatable bonds is 2. The van der Waals surface area contributed by atoms with Crippen LogP contribution in [0.25, 0.3) is 0 Å². The molecule has 0 saturated carbocycles. The van der Waals surface area contributed by atoms with Gasteiger partial charge in [-0.1, -0.05) is 11.8 Å². The maximum Gasteiger partial charge on any atom is 0.322 e. The van der Waals surface area contributed by atoms with E-state index in [0.717, 1.165) is 11.8 Å². The first kappa shape index (κ1) is 20.3. The first-order valence-electron chi connectivity index (χ1n) is 9.75. The van der Waals surface area contributed by atoms with Gasteiger partial charge in [-0.25, -0.2) is 14.2 Å². The number of ether oxygens (including phenoxy) is 1. The van der Waals surface area contributed by atoms with Crippen molar-refractivity contribution in [1.29, 1.82) is 0 Å². The van der Waals surface area contributed by atoms with Gasteiger partial charge in [0.1, 0.15) is 18.1 Å². The van der Waals surface area contributed by atoms with Crippen LogP contribution in [0, 0.1) is 24.6 Å². The molecule has 0 aliphatic carbocycles.